The first-order chi connectivity index (χ1) is 9.60. The van der Waals surface area contributed by atoms with E-state index in [2.05, 4.69) is 17.4 Å². The van der Waals surface area contributed by atoms with E-state index in [9.17, 15) is 4.79 Å². The highest BCUT2D eigenvalue weighted by Gasteiger charge is 2.44. The summed E-state index contributed by atoms with van der Waals surface area (Å²) in [6.45, 7) is 2.20. The summed E-state index contributed by atoms with van der Waals surface area (Å²) in [4.78, 5) is 12.8. The molecule has 20 heavy (non-hydrogen) atoms. The fraction of sp³-hybridized carbons (Fsp3) is 0.867. The molecule has 2 fully saturated rings. The topological polar surface area (TPSA) is 87.7 Å². The first-order valence-corrected chi connectivity index (χ1v) is 7.89. The quantitative estimate of drug-likeness (QED) is 0.321. The molecule has 2 rings (SSSR count). The Morgan fingerprint density at radius 2 is 1.85 bits per heavy atom. The molecule has 114 valence electrons. The maximum Gasteiger partial charge on any atom is 0.234 e. The highest BCUT2D eigenvalue weighted by molar-refractivity contribution is 6.06. The zero-order chi connectivity index (χ0) is 14.6. The van der Waals surface area contributed by atoms with Gasteiger partial charge in [0.15, 0.2) is 5.84 Å². The summed E-state index contributed by atoms with van der Waals surface area (Å²) in [6, 6.07) is 0.238. The lowest BCUT2D eigenvalue weighted by Crippen LogP contribution is -2.54. The van der Waals surface area contributed by atoms with Crippen LogP contribution in [-0.2, 0) is 4.79 Å². The van der Waals surface area contributed by atoms with Gasteiger partial charge in [-0.3, -0.25) is 4.79 Å². The van der Waals surface area contributed by atoms with Gasteiger partial charge in [-0.1, -0.05) is 44.2 Å². The summed E-state index contributed by atoms with van der Waals surface area (Å²) < 4.78 is 0. The second-order valence-electron chi connectivity index (χ2n) is 6.47. The standard InChI is InChI=1S/C15H27N3O2/c1-11-7-3-4-8-12(11)17-14(19)15(13(16)18-20)9-5-2-6-10-15/h11-12,20H,2-10H2,1H3,(H2,16,18)(H,17,19). The molecule has 4 N–H and O–H groups in total. The van der Waals surface area contributed by atoms with Crippen LogP contribution in [0.2, 0.25) is 0 Å². The van der Waals surface area contributed by atoms with Crippen molar-refractivity contribution in [3.63, 3.8) is 0 Å². The fourth-order valence-electron chi connectivity index (χ4n) is 3.69. The first-order valence-electron chi connectivity index (χ1n) is 7.89. The number of hydrogen-bond acceptors (Lipinski definition) is 3. The summed E-state index contributed by atoms with van der Waals surface area (Å²) in [6.07, 6.45) is 9.05. The molecule has 2 unspecified atom stereocenters. The van der Waals surface area contributed by atoms with E-state index < -0.39 is 5.41 Å². The minimum absolute atomic E-state index is 0.0359. The predicted octanol–water partition coefficient (Wildman–Crippen LogP) is 2.38. The van der Waals surface area contributed by atoms with Crippen LogP contribution in [0, 0.1) is 11.3 Å². The summed E-state index contributed by atoms with van der Waals surface area (Å²) in [5, 5.41) is 15.4. The van der Waals surface area contributed by atoms with Gasteiger partial charge in [0.05, 0.1) is 0 Å². The lowest BCUT2D eigenvalue weighted by Gasteiger charge is -2.38. The number of carbonyl (C=O) groups is 1. The maximum atomic E-state index is 12.8. The Bertz CT molecular complexity index is 375. The van der Waals surface area contributed by atoms with Gasteiger partial charge in [0.2, 0.25) is 5.91 Å². The second-order valence-corrected chi connectivity index (χ2v) is 6.47. The summed E-state index contributed by atoms with van der Waals surface area (Å²) in [5.41, 5.74) is 5.08. The van der Waals surface area contributed by atoms with Crippen molar-refractivity contribution in [1.29, 1.82) is 0 Å². The molecule has 0 aromatic heterocycles. The van der Waals surface area contributed by atoms with Crippen LogP contribution in [0.3, 0.4) is 0 Å². The Balaban J connectivity index is 2.10. The molecule has 0 bridgehead atoms. The third-order valence-corrected chi connectivity index (χ3v) is 5.17. The Hall–Kier alpha value is -1.26. The number of amidine groups is 1. The van der Waals surface area contributed by atoms with Crippen LogP contribution in [-0.4, -0.2) is 23.0 Å². The van der Waals surface area contributed by atoms with Gasteiger partial charge in [0.25, 0.3) is 0 Å². The Morgan fingerprint density at radius 3 is 2.45 bits per heavy atom. The second kappa shape index (κ2) is 6.46. The molecule has 1 amide bonds. The van der Waals surface area contributed by atoms with Gasteiger partial charge in [0.1, 0.15) is 5.41 Å². The van der Waals surface area contributed by atoms with Gasteiger partial charge >= 0.3 is 0 Å². The Morgan fingerprint density at radius 1 is 1.20 bits per heavy atom. The number of nitrogens with zero attached hydrogens (tertiary/aromatic N) is 1. The first kappa shape index (κ1) is 15.1. The molecule has 5 heteroatoms. The minimum atomic E-state index is -0.788. The molecule has 0 radical (unpaired) electrons. The van der Waals surface area contributed by atoms with Crippen molar-refractivity contribution in [2.75, 3.05) is 0 Å². The van der Waals surface area contributed by atoms with Crippen molar-refractivity contribution in [2.24, 2.45) is 22.2 Å². The summed E-state index contributed by atoms with van der Waals surface area (Å²) in [7, 11) is 0. The third-order valence-electron chi connectivity index (χ3n) is 5.17. The molecule has 2 aliphatic rings. The van der Waals surface area contributed by atoms with Crippen LogP contribution in [0.15, 0.2) is 5.16 Å². The lowest BCUT2D eigenvalue weighted by atomic mass is 9.72. The molecule has 0 aromatic rings. The molecule has 2 saturated carbocycles. The molecular weight excluding hydrogens is 254 g/mol. The van der Waals surface area contributed by atoms with Crippen LogP contribution >= 0.6 is 0 Å². The van der Waals surface area contributed by atoms with Gasteiger partial charge in [-0.25, -0.2) is 0 Å². The van der Waals surface area contributed by atoms with Crippen LogP contribution < -0.4 is 11.1 Å². The van der Waals surface area contributed by atoms with Gasteiger partial charge < -0.3 is 16.3 Å². The molecule has 0 spiro atoms. The number of rotatable bonds is 3. The zero-order valence-electron chi connectivity index (χ0n) is 12.4. The van der Waals surface area contributed by atoms with Crippen molar-refractivity contribution in [2.45, 2.75) is 70.8 Å². The van der Waals surface area contributed by atoms with Gasteiger partial charge in [0, 0.05) is 6.04 Å². The lowest BCUT2D eigenvalue weighted by molar-refractivity contribution is -0.130. The molecule has 5 nitrogen and oxygen atoms in total. The highest BCUT2D eigenvalue weighted by atomic mass is 16.4. The molecule has 0 saturated heterocycles. The smallest absolute Gasteiger partial charge is 0.234 e. The number of amides is 1. The largest absolute Gasteiger partial charge is 0.409 e. The van der Waals surface area contributed by atoms with Gasteiger partial charge in [-0.15, -0.1) is 0 Å². The summed E-state index contributed by atoms with van der Waals surface area (Å²) in [5.74, 6) is 0.560. The maximum absolute atomic E-state index is 12.8. The van der Waals surface area contributed by atoms with Crippen molar-refractivity contribution >= 4 is 11.7 Å². The number of hydrogen-bond donors (Lipinski definition) is 3. The number of nitrogens with two attached hydrogens (primary N) is 1. The van der Waals surface area contributed by atoms with Crippen LogP contribution in [0.25, 0.3) is 0 Å². The fourth-order valence-corrected chi connectivity index (χ4v) is 3.69. The number of carbonyl (C=O) groups excluding carboxylic acids is 1. The molecule has 2 aliphatic carbocycles. The normalized spacial score (nSPS) is 30.8. The number of oxime groups is 1. The van der Waals surface area contributed by atoms with E-state index >= 15 is 0 Å². The van der Waals surface area contributed by atoms with E-state index in [4.69, 9.17) is 10.9 Å². The average molecular weight is 281 g/mol. The van der Waals surface area contributed by atoms with E-state index in [0.717, 1.165) is 25.7 Å². The average Bonchev–Trinajstić information content (AvgIpc) is 2.49. The minimum Gasteiger partial charge on any atom is -0.409 e. The predicted molar refractivity (Wildman–Crippen MR) is 78.5 cm³/mol. The Labute approximate surface area is 121 Å². The van der Waals surface area contributed by atoms with Crippen molar-refractivity contribution in [3.05, 3.63) is 0 Å². The molecule has 2 atom stereocenters. The van der Waals surface area contributed by atoms with Crippen molar-refractivity contribution in [3.8, 4) is 0 Å². The van der Waals surface area contributed by atoms with E-state index in [-0.39, 0.29) is 17.8 Å². The number of nitrogens with one attached hydrogen (secondary N) is 1. The van der Waals surface area contributed by atoms with E-state index in [1.807, 2.05) is 0 Å². The van der Waals surface area contributed by atoms with Crippen molar-refractivity contribution in [1.82, 2.24) is 5.32 Å². The zero-order valence-corrected chi connectivity index (χ0v) is 12.4. The van der Waals surface area contributed by atoms with Crippen LogP contribution in [0.4, 0.5) is 0 Å². The van der Waals surface area contributed by atoms with E-state index in [1.165, 1.54) is 19.3 Å². The van der Waals surface area contributed by atoms with Crippen molar-refractivity contribution < 1.29 is 10.0 Å². The van der Waals surface area contributed by atoms with Gasteiger partial charge in [-0.05, 0) is 31.6 Å². The van der Waals surface area contributed by atoms with E-state index in [0.29, 0.717) is 18.8 Å². The van der Waals surface area contributed by atoms with Gasteiger partial charge in [-0.2, -0.15) is 0 Å². The van der Waals surface area contributed by atoms with Crippen LogP contribution in [0.5, 0.6) is 0 Å². The third kappa shape index (κ3) is 2.91. The SMILES string of the molecule is CC1CCCCC1NC(=O)C1(C(N)=NO)CCCCC1. The van der Waals surface area contributed by atoms with E-state index in [1.54, 1.807) is 0 Å². The molecular formula is C15H27N3O2. The highest BCUT2D eigenvalue weighted by Crippen LogP contribution is 2.37. The monoisotopic (exact) mass is 281 g/mol. The molecule has 0 aromatic carbocycles. The molecule has 0 heterocycles. The molecule has 0 aliphatic heterocycles. The summed E-state index contributed by atoms with van der Waals surface area (Å²) >= 11 is 0. The Kier molecular flexibility index (Phi) is 4.89. The van der Waals surface area contributed by atoms with Crippen LogP contribution in [0.1, 0.15) is 64.7 Å².